The number of urea groups is 1. The maximum absolute atomic E-state index is 12.3. The van der Waals surface area contributed by atoms with Crippen molar-refractivity contribution in [2.45, 2.75) is 44.8 Å². The number of hydrogen-bond acceptors (Lipinski definition) is 3. The van der Waals surface area contributed by atoms with E-state index >= 15 is 0 Å². The first-order valence-corrected chi connectivity index (χ1v) is 8.08. The van der Waals surface area contributed by atoms with Crippen molar-refractivity contribution in [2.75, 3.05) is 20.2 Å². The molecular formula is C17H27N3O2. The summed E-state index contributed by atoms with van der Waals surface area (Å²) in [6, 6.07) is 8.14. The van der Waals surface area contributed by atoms with E-state index in [1.54, 1.807) is 0 Å². The first-order valence-electron chi connectivity index (χ1n) is 8.08. The van der Waals surface area contributed by atoms with E-state index in [9.17, 15) is 4.79 Å². The molecular weight excluding hydrogens is 278 g/mol. The second-order valence-corrected chi connectivity index (χ2v) is 6.06. The van der Waals surface area contributed by atoms with Crippen LogP contribution in [0, 0.1) is 0 Å². The molecule has 5 nitrogen and oxygen atoms in total. The molecule has 0 spiro atoms. The predicted octanol–water partition coefficient (Wildman–Crippen LogP) is 2.02. The summed E-state index contributed by atoms with van der Waals surface area (Å²) in [5, 5.41) is 15.1. The fourth-order valence-corrected chi connectivity index (χ4v) is 3.09. The van der Waals surface area contributed by atoms with Crippen molar-refractivity contribution in [2.24, 2.45) is 0 Å². The number of nitrogens with one attached hydrogen (secondary N) is 2. The van der Waals surface area contributed by atoms with Gasteiger partial charge in [-0.3, -0.25) is 4.90 Å². The van der Waals surface area contributed by atoms with E-state index in [1.165, 1.54) is 11.1 Å². The molecule has 1 heterocycles. The molecule has 122 valence electrons. The van der Waals surface area contributed by atoms with Crippen LogP contribution in [-0.4, -0.2) is 42.3 Å². The molecule has 1 aromatic carbocycles. The summed E-state index contributed by atoms with van der Waals surface area (Å²) in [6.07, 6.45) is 2.47. The standard InChI is InChI=1S/C17H27N3O2/c1-3-6-14(9-10-21)18-17(22)19-16-12-20(2)11-13-7-4-5-8-15(13)16/h4-5,7-8,14,16,21H,3,6,9-12H2,1-2H3,(H2,18,19,22). The summed E-state index contributed by atoms with van der Waals surface area (Å²) >= 11 is 0. The van der Waals surface area contributed by atoms with Gasteiger partial charge in [0.1, 0.15) is 0 Å². The largest absolute Gasteiger partial charge is 0.396 e. The molecule has 2 atom stereocenters. The van der Waals surface area contributed by atoms with E-state index in [0.29, 0.717) is 6.42 Å². The van der Waals surface area contributed by atoms with Crippen LogP contribution in [0.15, 0.2) is 24.3 Å². The van der Waals surface area contributed by atoms with Crippen molar-refractivity contribution in [3.05, 3.63) is 35.4 Å². The number of hydrogen-bond donors (Lipinski definition) is 3. The van der Waals surface area contributed by atoms with Crippen LogP contribution < -0.4 is 10.6 Å². The highest BCUT2D eigenvalue weighted by Crippen LogP contribution is 2.25. The molecule has 22 heavy (non-hydrogen) atoms. The van der Waals surface area contributed by atoms with Crippen LogP contribution in [0.1, 0.15) is 43.4 Å². The van der Waals surface area contributed by atoms with Crippen LogP contribution in [0.25, 0.3) is 0 Å². The first kappa shape index (κ1) is 16.8. The van der Waals surface area contributed by atoms with Crippen molar-refractivity contribution in [3.8, 4) is 0 Å². The zero-order chi connectivity index (χ0) is 15.9. The first-order chi connectivity index (χ1) is 10.6. The molecule has 3 N–H and O–H groups in total. The van der Waals surface area contributed by atoms with Gasteiger partial charge >= 0.3 is 6.03 Å². The Balaban J connectivity index is 1.99. The lowest BCUT2D eigenvalue weighted by molar-refractivity contribution is 0.213. The maximum atomic E-state index is 12.3. The summed E-state index contributed by atoms with van der Waals surface area (Å²) < 4.78 is 0. The second kappa shape index (κ2) is 8.15. The SMILES string of the molecule is CCCC(CCO)NC(=O)NC1CN(C)Cc2ccccc21. The van der Waals surface area contributed by atoms with Crippen molar-refractivity contribution in [3.63, 3.8) is 0 Å². The molecule has 1 aliphatic heterocycles. The van der Waals surface area contributed by atoms with E-state index in [2.05, 4.69) is 41.6 Å². The van der Waals surface area contributed by atoms with E-state index in [4.69, 9.17) is 5.11 Å². The van der Waals surface area contributed by atoms with Crippen molar-refractivity contribution < 1.29 is 9.90 Å². The van der Waals surface area contributed by atoms with Crippen LogP contribution in [0.4, 0.5) is 4.79 Å². The molecule has 1 aromatic rings. The highest BCUT2D eigenvalue weighted by molar-refractivity contribution is 5.75. The summed E-state index contributed by atoms with van der Waals surface area (Å²) in [5.74, 6) is 0. The van der Waals surface area contributed by atoms with Gasteiger partial charge in [0, 0.05) is 25.7 Å². The number of carbonyl (C=O) groups excluding carboxylic acids is 1. The molecule has 0 fully saturated rings. The van der Waals surface area contributed by atoms with Crippen molar-refractivity contribution in [1.29, 1.82) is 0 Å². The van der Waals surface area contributed by atoms with Gasteiger partial charge in [-0.1, -0.05) is 37.6 Å². The molecule has 0 aliphatic carbocycles. The number of likely N-dealkylation sites (N-methyl/N-ethyl adjacent to an activating group) is 1. The van der Waals surface area contributed by atoms with Crippen molar-refractivity contribution >= 4 is 6.03 Å². The molecule has 2 unspecified atom stereocenters. The van der Waals surface area contributed by atoms with Gasteiger partial charge in [0.15, 0.2) is 0 Å². The highest BCUT2D eigenvalue weighted by Gasteiger charge is 2.24. The third-order valence-corrected chi connectivity index (χ3v) is 4.12. The minimum Gasteiger partial charge on any atom is -0.396 e. The molecule has 2 rings (SSSR count). The normalized spacial score (nSPS) is 19.3. The maximum Gasteiger partial charge on any atom is 0.315 e. The number of carbonyl (C=O) groups is 1. The monoisotopic (exact) mass is 305 g/mol. The second-order valence-electron chi connectivity index (χ2n) is 6.06. The van der Waals surface area contributed by atoms with Crippen LogP contribution >= 0.6 is 0 Å². The van der Waals surface area contributed by atoms with E-state index in [1.807, 2.05) is 12.1 Å². The predicted molar refractivity (Wildman–Crippen MR) is 87.6 cm³/mol. The van der Waals surface area contributed by atoms with E-state index in [0.717, 1.165) is 25.9 Å². The Bertz CT molecular complexity index is 487. The number of rotatable bonds is 6. The molecule has 0 bridgehead atoms. The summed E-state index contributed by atoms with van der Waals surface area (Å²) in [7, 11) is 2.06. The lowest BCUT2D eigenvalue weighted by Crippen LogP contribution is -2.47. The Hall–Kier alpha value is -1.59. The van der Waals surface area contributed by atoms with Gasteiger partial charge in [-0.05, 0) is 31.0 Å². The number of fused-ring (bicyclic) bond motifs is 1. The van der Waals surface area contributed by atoms with Crippen LogP contribution in [0.2, 0.25) is 0 Å². The van der Waals surface area contributed by atoms with Gasteiger partial charge in [0.05, 0.1) is 6.04 Å². The average molecular weight is 305 g/mol. The topological polar surface area (TPSA) is 64.6 Å². The smallest absolute Gasteiger partial charge is 0.315 e. The van der Waals surface area contributed by atoms with Gasteiger partial charge < -0.3 is 15.7 Å². The lowest BCUT2D eigenvalue weighted by Gasteiger charge is -2.33. The van der Waals surface area contributed by atoms with Gasteiger partial charge in [-0.15, -0.1) is 0 Å². The lowest BCUT2D eigenvalue weighted by atomic mass is 9.96. The molecule has 0 saturated carbocycles. The zero-order valence-electron chi connectivity index (χ0n) is 13.5. The fourth-order valence-electron chi connectivity index (χ4n) is 3.09. The summed E-state index contributed by atoms with van der Waals surface area (Å²) in [6.45, 7) is 3.90. The van der Waals surface area contributed by atoms with Gasteiger partial charge in [-0.2, -0.15) is 0 Å². The molecule has 0 aromatic heterocycles. The molecule has 0 saturated heterocycles. The third kappa shape index (κ3) is 4.45. The van der Waals surface area contributed by atoms with Gasteiger partial charge in [0.25, 0.3) is 0 Å². The Kier molecular flexibility index (Phi) is 6.21. The summed E-state index contributed by atoms with van der Waals surface area (Å²) in [4.78, 5) is 14.5. The Morgan fingerprint density at radius 3 is 2.91 bits per heavy atom. The minimum atomic E-state index is -0.151. The Labute approximate surface area is 132 Å². The zero-order valence-corrected chi connectivity index (χ0v) is 13.5. The fraction of sp³-hybridized carbons (Fsp3) is 0.588. The molecule has 5 heteroatoms. The van der Waals surface area contributed by atoms with Crippen LogP contribution in [0.5, 0.6) is 0 Å². The Morgan fingerprint density at radius 2 is 2.18 bits per heavy atom. The van der Waals surface area contributed by atoms with Crippen LogP contribution in [0.3, 0.4) is 0 Å². The third-order valence-electron chi connectivity index (χ3n) is 4.12. The highest BCUT2D eigenvalue weighted by atomic mass is 16.3. The summed E-state index contributed by atoms with van der Waals surface area (Å²) in [5.41, 5.74) is 2.46. The van der Waals surface area contributed by atoms with Crippen LogP contribution in [-0.2, 0) is 6.54 Å². The van der Waals surface area contributed by atoms with E-state index in [-0.39, 0.29) is 24.7 Å². The molecule has 2 amide bonds. The number of nitrogens with zero attached hydrogens (tertiary/aromatic N) is 1. The number of aliphatic hydroxyl groups excluding tert-OH is 1. The molecule has 1 aliphatic rings. The quantitative estimate of drug-likeness (QED) is 0.753. The van der Waals surface area contributed by atoms with Gasteiger partial charge in [-0.25, -0.2) is 4.79 Å². The number of benzene rings is 1. The number of amides is 2. The van der Waals surface area contributed by atoms with Crippen molar-refractivity contribution in [1.82, 2.24) is 15.5 Å². The number of aliphatic hydroxyl groups is 1. The van der Waals surface area contributed by atoms with E-state index < -0.39 is 0 Å². The van der Waals surface area contributed by atoms with Gasteiger partial charge in [0.2, 0.25) is 0 Å². The molecule has 0 radical (unpaired) electrons. The average Bonchev–Trinajstić information content (AvgIpc) is 2.47. The Morgan fingerprint density at radius 1 is 1.41 bits per heavy atom. The minimum absolute atomic E-state index is 0.00588.